The Bertz CT molecular complexity index is 328. The van der Waals surface area contributed by atoms with Crippen molar-refractivity contribution in [2.45, 2.75) is 33.7 Å². The second-order valence-corrected chi connectivity index (χ2v) is 5.22. The van der Waals surface area contributed by atoms with E-state index in [4.69, 9.17) is 17.3 Å². The molecule has 3 heteroatoms. The van der Waals surface area contributed by atoms with Crippen molar-refractivity contribution >= 4 is 23.0 Å². The molecule has 0 fully saturated rings. The highest BCUT2D eigenvalue weighted by molar-refractivity contribution is 6.34. The summed E-state index contributed by atoms with van der Waals surface area (Å²) in [5.41, 5.74) is 7.73. The molecule has 1 aromatic rings. The fraction of sp³-hybridized carbons (Fsp3) is 0.538. The number of halogens is 1. The number of nitrogens with zero attached hydrogens (tertiary/aromatic N) is 1. The van der Waals surface area contributed by atoms with Crippen LogP contribution in [-0.4, -0.2) is 12.6 Å². The van der Waals surface area contributed by atoms with Crippen LogP contribution in [0.15, 0.2) is 18.2 Å². The minimum absolute atomic E-state index is 0.393. The van der Waals surface area contributed by atoms with Crippen LogP contribution in [0.5, 0.6) is 0 Å². The first kappa shape index (κ1) is 13.2. The van der Waals surface area contributed by atoms with Crippen molar-refractivity contribution in [3.8, 4) is 0 Å². The summed E-state index contributed by atoms with van der Waals surface area (Å²) in [6.45, 7) is 9.67. The van der Waals surface area contributed by atoms with Gasteiger partial charge in [-0.25, -0.2) is 0 Å². The maximum atomic E-state index is 6.23. The maximum Gasteiger partial charge on any atom is 0.0791 e. The first-order valence-corrected chi connectivity index (χ1v) is 6.12. The van der Waals surface area contributed by atoms with Crippen LogP contribution >= 0.6 is 11.6 Å². The van der Waals surface area contributed by atoms with Gasteiger partial charge in [0.1, 0.15) is 0 Å². The zero-order valence-electron chi connectivity index (χ0n) is 10.5. The Morgan fingerprint density at radius 3 is 2.31 bits per heavy atom. The molecule has 0 aliphatic carbocycles. The monoisotopic (exact) mass is 240 g/mol. The van der Waals surface area contributed by atoms with E-state index in [1.165, 1.54) is 0 Å². The van der Waals surface area contributed by atoms with Crippen LogP contribution in [0.4, 0.5) is 11.4 Å². The molecular formula is C13H21ClN2. The van der Waals surface area contributed by atoms with Crippen molar-refractivity contribution < 1.29 is 0 Å². The van der Waals surface area contributed by atoms with E-state index >= 15 is 0 Å². The standard InChI is InChI=1S/C13H21ClN2/c1-9(2)8-16(10(3)4)13-11(14)6-5-7-12(13)15/h5-7,9-10H,8,15H2,1-4H3. The zero-order valence-corrected chi connectivity index (χ0v) is 11.3. The van der Waals surface area contributed by atoms with Gasteiger partial charge >= 0.3 is 0 Å². The van der Waals surface area contributed by atoms with Crippen LogP contribution in [-0.2, 0) is 0 Å². The SMILES string of the molecule is CC(C)CN(c1c(N)cccc1Cl)C(C)C. The van der Waals surface area contributed by atoms with Crippen molar-refractivity contribution in [3.63, 3.8) is 0 Å². The molecule has 0 heterocycles. The van der Waals surface area contributed by atoms with Gasteiger partial charge in [0.2, 0.25) is 0 Å². The lowest BCUT2D eigenvalue weighted by Crippen LogP contribution is -2.34. The lowest BCUT2D eigenvalue weighted by atomic mass is 10.1. The van der Waals surface area contributed by atoms with Crippen LogP contribution in [0, 0.1) is 5.92 Å². The summed E-state index contributed by atoms with van der Waals surface area (Å²) in [5.74, 6) is 0.582. The minimum Gasteiger partial charge on any atom is -0.397 e. The van der Waals surface area contributed by atoms with Crippen LogP contribution in [0.3, 0.4) is 0 Å². The van der Waals surface area contributed by atoms with E-state index in [1.54, 1.807) is 0 Å². The lowest BCUT2D eigenvalue weighted by Gasteiger charge is -2.32. The number of hydrogen-bond acceptors (Lipinski definition) is 2. The zero-order chi connectivity index (χ0) is 12.3. The molecule has 0 amide bonds. The Hall–Kier alpha value is -0.890. The summed E-state index contributed by atoms with van der Waals surface area (Å²) in [6, 6.07) is 6.07. The minimum atomic E-state index is 0.393. The first-order chi connectivity index (χ1) is 7.43. The second-order valence-electron chi connectivity index (χ2n) is 4.82. The Morgan fingerprint density at radius 2 is 1.88 bits per heavy atom. The summed E-state index contributed by atoms with van der Waals surface area (Å²) in [4.78, 5) is 2.27. The van der Waals surface area contributed by atoms with Crippen molar-refractivity contribution in [1.29, 1.82) is 0 Å². The highest BCUT2D eigenvalue weighted by Crippen LogP contribution is 2.33. The largest absolute Gasteiger partial charge is 0.397 e. The Kier molecular flexibility index (Phi) is 4.48. The number of para-hydroxylation sites is 1. The van der Waals surface area contributed by atoms with E-state index in [0.29, 0.717) is 12.0 Å². The first-order valence-electron chi connectivity index (χ1n) is 5.74. The van der Waals surface area contributed by atoms with Crippen molar-refractivity contribution in [3.05, 3.63) is 23.2 Å². The molecule has 90 valence electrons. The third-order valence-electron chi connectivity index (χ3n) is 2.49. The van der Waals surface area contributed by atoms with Crippen molar-refractivity contribution in [2.24, 2.45) is 5.92 Å². The van der Waals surface area contributed by atoms with E-state index in [-0.39, 0.29) is 0 Å². The molecule has 0 aliphatic rings. The van der Waals surface area contributed by atoms with Gasteiger partial charge in [-0.2, -0.15) is 0 Å². The highest BCUT2D eigenvalue weighted by Gasteiger charge is 2.17. The molecule has 0 saturated carbocycles. The predicted molar refractivity (Wildman–Crippen MR) is 73.2 cm³/mol. The number of nitrogens with two attached hydrogens (primary N) is 1. The molecular weight excluding hydrogens is 220 g/mol. The summed E-state index contributed by atoms with van der Waals surface area (Å²) >= 11 is 6.23. The van der Waals surface area contributed by atoms with E-state index in [9.17, 15) is 0 Å². The van der Waals surface area contributed by atoms with Gasteiger partial charge in [0.25, 0.3) is 0 Å². The van der Waals surface area contributed by atoms with Gasteiger partial charge in [-0.1, -0.05) is 31.5 Å². The summed E-state index contributed by atoms with van der Waals surface area (Å²) < 4.78 is 0. The number of hydrogen-bond donors (Lipinski definition) is 1. The average Bonchev–Trinajstić information content (AvgIpc) is 2.15. The molecule has 0 aliphatic heterocycles. The van der Waals surface area contributed by atoms with E-state index < -0.39 is 0 Å². The van der Waals surface area contributed by atoms with Crippen LogP contribution in [0.25, 0.3) is 0 Å². The molecule has 0 saturated heterocycles. The van der Waals surface area contributed by atoms with Gasteiger partial charge in [-0.15, -0.1) is 0 Å². The molecule has 2 N–H and O–H groups in total. The van der Waals surface area contributed by atoms with Gasteiger partial charge < -0.3 is 10.6 Å². The van der Waals surface area contributed by atoms with E-state index in [2.05, 4.69) is 32.6 Å². The molecule has 0 spiro atoms. The Labute approximate surface area is 103 Å². The van der Waals surface area contributed by atoms with Crippen LogP contribution < -0.4 is 10.6 Å². The lowest BCUT2D eigenvalue weighted by molar-refractivity contribution is 0.571. The van der Waals surface area contributed by atoms with Gasteiger partial charge in [-0.05, 0) is 31.9 Å². The van der Waals surface area contributed by atoms with E-state index in [1.807, 2.05) is 18.2 Å². The maximum absolute atomic E-state index is 6.23. The van der Waals surface area contributed by atoms with Crippen molar-refractivity contribution in [1.82, 2.24) is 0 Å². The van der Waals surface area contributed by atoms with Gasteiger partial charge in [0, 0.05) is 12.6 Å². The normalized spacial score (nSPS) is 11.2. The number of anilines is 2. The number of nitrogen functional groups attached to an aromatic ring is 1. The average molecular weight is 241 g/mol. The topological polar surface area (TPSA) is 29.3 Å². The molecule has 16 heavy (non-hydrogen) atoms. The Morgan fingerprint density at radius 1 is 1.25 bits per heavy atom. The van der Waals surface area contributed by atoms with Gasteiger partial charge in [-0.3, -0.25) is 0 Å². The molecule has 0 aromatic heterocycles. The van der Waals surface area contributed by atoms with Gasteiger partial charge in [0.05, 0.1) is 16.4 Å². The van der Waals surface area contributed by atoms with Crippen LogP contribution in [0.1, 0.15) is 27.7 Å². The second kappa shape index (κ2) is 5.44. The summed E-state index contributed by atoms with van der Waals surface area (Å²) in [7, 11) is 0. The molecule has 1 rings (SSSR count). The molecule has 2 nitrogen and oxygen atoms in total. The summed E-state index contributed by atoms with van der Waals surface area (Å²) in [6.07, 6.45) is 0. The molecule has 0 bridgehead atoms. The molecule has 0 radical (unpaired) electrons. The fourth-order valence-electron chi connectivity index (χ4n) is 1.79. The third-order valence-corrected chi connectivity index (χ3v) is 2.80. The van der Waals surface area contributed by atoms with Crippen LogP contribution in [0.2, 0.25) is 5.02 Å². The predicted octanol–water partition coefficient (Wildman–Crippen LogP) is 3.79. The third kappa shape index (κ3) is 3.05. The number of rotatable bonds is 4. The quantitative estimate of drug-likeness (QED) is 0.812. The molecule has 1 aromatic carbocycles. The van der Waals surface area contributed by atoms with Gasteiger partial charge in [0.15, 0.2) is 0 Å². The molecule has 0 unspecified atom stereocenters. The fourth-order valence-corrected chi connectivity index (χ4v) is 2.08. The smallest absolute Gasteiger partial charge is 0.0791 e. The Balaban J connectivity index is 3.10. The highest BCUT2D eigenvalue weighted by atomic mass is 35.5. The molecule has 0 atom stereocenters. The van der Waals surface area contributed by atoms with E-state index in [0.717, 1.165) is 22.9 Å². The number of benzene rings is 1. The summed E-state index contributed by atoms with van der Waals surface area (Å²) in [5, 5.41) is 0.731. The van der Waals surface area contributed by atoms with Crippen molar-refractivity contribution in [2.75, 3.05) is 17.2 Å².